The van der Waals surface area contributed by atoms with Crippen molar-refractivity contribution in [3.05, 3.63) is 52.8 Å². The molecule has 0 unspecified atom stereocenters. The van der Waals surface area contributed by atoms with Crippen LogP contribution in [-0.2, 0) is 4.79 Å². The molecule has 0 aliphatic rings. The van der Waals surface area contributed by atoms with Crippen LogP contribution in [0.2, 0.25) is 10.0 Å². The lowest BCUT2D eigenvalue weighted by Gasteiger charge is -2.21. The van der Waals surface area contributed by atoms with E-state index in [0.29, 0.717) is 15.7 Å². The number of rotatable bonds is 2. The molecule has 1 aromatic heterocycles. The van der Waals surface area contributed by atoms with Gasteiger partial charge in [0.2, 0.25) is 5.91 Å². The second kappa shape index (κ2) is 5.38. The number of amides is 1. The van der Waals surface area contributed by atoms with E-state index in [-0.39, 0.29) is 5.91 Å². The molecule has 0 spiro atoms. The molecule has 18 heavy (non-hydrogen) atoms. The van der Waals surface area contributed by atoms with E-state index in [1.54, 1.807) is 47.6 Å². The number of hydrogen-bond acceptors (Lipinski definition) is 2. The quantitative estimate of drug-likeness (QED) is 0.831. The molecule has 2 aromatic rings. The number of benzene rings is 1. The number of carbonyl (C=O) groups is 1. The summed E-state index contributed by atoms with van der Waals surface area (Å²) in [5.74, 6) is -0.111. The Balaban J connectivity index is 2.49. The highest BCUT2D eigenvalue weighted by Gasteiger charge is 2.14. The van der Waals surface area contributed by atoms with E-state index < -0.39 is 0 Å². The smallest absolute Gasteiger partial charge is 0.228 e. The first-order valence-corrected chi connectivity index (χ1v) is 6.01. The second-order valence-corrected chi connectivity index (χ2v) is 4.47. The highest BCUT2D eigenvalue weighted by atomic mass is 35.5. The van der Waals surface area contributed by atoms with Crippen molar-refractivity contribution in [3.63, 3.8) is 0 Å². The molecule has 2 rings (SSSR count). The summed E-state index contributed by atoms with van der Waals surface area (Å²) in [4.78, 5) is 17.2. The van der Waals surface area contributed by atoms with Gasteiger partial charge in [-0.25, -0.2) is 0 Å². The summed E-state index contributed by atoms with van der Waals surface area (Å²) in [5, 5.41) is 0.869. The summed E-state index contributed by atoms with van der Waals surface area (Å²) in [7, 11) is 0. The average molecular weight is 281 g/mol. The van der Waals surface area contributed by atoms with Gasteiger partial charge in [-0.15, -0.1) is 0 Å². The van der Waals surface area contributed by atoms with Crippen molar-refractivity contribution < 1.29 is 4.79 Å². The molecule has 3 nitrogen and oxygen atoms in total. The molecule has 1 aromatic carbocycles. The Bertz CT molecular complexity index is 572. The molecule has 92 valence electrons. The Labute approximate surface area is 115 Å². The molecular weight excluding hydrogens is 271 g/mol. The fourth-order valence-electron chi connectivity index (χ4n) is 1.63. The first-order valence-electron chi connectivity index (χ1n) is 5.25. The van der Waals surface area contributed by atoms with Crippen LogP contribution in [0.25, 0.3) is 0 Å². The van der Waals surface area contributed by atoms with Gasteiger partial charge in [0.25, 0.3) is 0 Å². The summed E-state index contributed by atoms with van der Waals surface area (Å²) in [6.45, 7) is 1.49. The fourth-order valence-corrected chi connectivity index (χ4v) is 1.92. The van der Waals surface area contributed by atoms with Crippen molar-refractivity contribution in [1.29, 1.82) is 0 Å². The molecule has 0 saturated heterocycles. The van der Waals surface area contributed by atoms with Gasteiger partial charge >= 0.3 is 0 Å². The molecule has 0 radical (unpaired) electrons. The first-order chi connectivity index (χ1) is 8.59. The number of aromatic nitrogens is 1. The van der Waals surface area contributed by atoms with Crippen molar-refractivity contribution in [1.82, 2.24) is 4.98 Å². The number of nitrogens with zero attached hydrogens (tertiary/aromatic N) is 2. The van der Waals surface area contributed by atoms with E-state index >= 15 is 0 Å². The molecule has 0 aliphatic heterocycles. The lowest BCUT2D eigenvalue weighted by molar-refractivity contribution is -0.115. The average Bonchev–Trinajstić information content (AvgIpc) is 2.35. The van der Waals surface area contributed by atoms with Crippen LogP contribution in [0.5, 0.6) is 0 Å². The minimum Gasteiger partial charge on any atom is -0.281 e. The van der Waals surface area contributed by atoms with Gasteiger partial charge in [0.15, 0.2) is 0 Å². The van der Waals surface area contributed by atoms with E-state index in [1.807, 2.05) is 0 Å². The molecule has 1 heterocycles. The Morgan fingerprint density at radius 3 is 2.28 bits per heavy atom. The lowest BCUT2D eigenvalue weighted by atomic mass is 10.2. The van der Waals surface area contributed by atoms with Gasteiger partial charge in [0.05, 0.1) is 21.4 Å². The van der Waals surface area contributed by atoms with E-state index in [4.69, 9.17) is 23.2 Å². The summed E-state index contributed by atoms with van der Waals surface area (Å²) < 4.78 is 0. The van der Waals surface area contributed by atoms with Crippen LogP contribution in [0.1, 0.15) is 6.92 Å². The first kappa shape index (κ1) is 12.9. The summed E-state index contributed by atoms with van der Waals surface area (Å²) >= 11 is 11.8. The van der Waals surface area contributed by atoms with Crippen LogP contribution in [0, 0.1) is 0 Å². The predicted octanol–water partition coefficient (Wildman–Crippen LogP) is 4.07. The summed E-state index contributed by atoms with van der Waals surface area (Å²) in [5.41, 5.74) is 1.40. The van der Waals surface area contributed by atoms with Crippen LogP contribution in [0.3, 0.4) is 0 Å². The van der Waals surface area contributed by atoms with Gasteiger partial charge in [0, 0.05) is 19.3 Å². The Hall–Kier alpha value is -1.58. The minimum absolute atomic E-state index is 0.111. The van der Waals surface area contributed by atoms with Crippen LogP contribution >= 0.6 is 23.2 Å². The zero-order valence-corrected chi connectivity index (χ0v) is 11.1. The van der Waals surface area contributed by atoms with Crippen molar-refractivity contribution in [2.75, 3.05) is 4.90 Å². The third-order valence-corrected chi connectivity index (χ3v) is 3.14. The number of halogens is 2. The molecule has 0 saturated carbocycles. The third kappa shape index (κ3) is 2.63. The monoisotopic (exact) mass is 280 g/mol. The van der Waals surface area contributed by atoms with Crippen molar-refractivity contribution >= 4 is 40.5 Å². The number of hydrogen-bond donors (Lipinski definition) is 0. The molecule has 0 atom stereocenters. The van der Waals surface area contributed by atoms with E-state index in [2.05, 4.69) is 4.98 Å². The standard InChI is InChI=1S/C13H10Cl2N2O/c1-9(18)17(10-4-6-16-7-5-10)11-2-3-12(14)13(15)8-11/h2-8H,1H3. The molecule has 0 N–H and O–H groups in total. The summed E-state index contributed by atoms with van der Waals surface area (Å²) in [6.07, 6.45) is 3.26. The highest BCUT2D eigenvalue weighted by molar-refractivity contribution is 6.42. The van der Waals surface area contributed by atoms with E-state index in [1.165, 1.54) is 6.92 Å². The maximum atomic E-state index is 11.8. The van der Waals surface area contributed by atoms with Gasteiger partial charge in [-0.05, 0) is 30.3 Å². The Kier molecular flexibility index (Phi) is 3.84. The number of anilines is 2. The lowest BCUT2D eigenvalue weighted by Crippen LogP contribution is -2.22. The molecule has 1 amide bonds. The van der Waals surface area contributed by atoms with Gasteiger partial charge in [-0.1, -0.05) is 23.2 Å². The molecular formula is C13H10Cl2N2O. The van der Waals surface area contributed by atoms with E-state index in [9.17, 15) is 4.79 Å². The molecule has 0 bridgehead atoms. The number of pyridine rings is 1. The van der Waals surface area contributed by atoms with Crippen molar-refractivity contribution in [3.8, 4) is 0 Å². The van der Waals surface area contributed by atoms with E-state index in [0.717, 1.165) is 5.69 Å². The minimum atomic E-state index is -0.111. The van der Waals surface area contributed by atoms with Crippen LogP contribution in [0.15, 0.2) is 42.7 Å². The molecule has 5 heteroatoms. The molecule has 0 aliphatic carbocycles. The van der Waals surface area contributed by atoms with Gasteiger partial charge in [0.1, 0.15) is 0 Å². The largest absolute Gasteiger partial charge is 0.281 e. The van der Waals surface area contributed by atoms with Crippen molar-refractivity contribution in [2.24, 2.45) is 0 Å². The van der Waals surface area contributed by atoms with Gasteiger partial charge in [-0.2, -0.15) is 0 Å². The van der Waals surface area contributed by atoms with Crippen molar-refractivity contribution in [2.45, 2.75) is 6.92 Å². The zero-order valence-electron chi connectivity index (χ0n) is 9.60. The SMILES string of the molecule is CC(=O)N(c1ccncc1)c1ccc(Cl)c(Cl)c1. The maximum Gasteiger partial charge on any atom is 0.228 e. The van der Waals surface area contributed by atoms with Crippen LogP contribution < -0.4 is 4.90 Å². The Morgan fingerprint density at radius 1 is 1.06 bits per heavy atom. The number of carbonyl (C=O) groups excluding carboxylic acids is 1. The highest BCUT2D eigenvalue weighted by Crippen LogP contribution is 2.31. The van der Waals surface area contributed by atoms with Gasteiger partial charge in [-0.3, -0.25) is 14.7 Å². The topological polar surface area (TPSA) is 33.2 Å². The fraction of sp³-hybridized carbons (Fsp3) is 0.0769. The zero-order chi connectivity index (χ0) is 13.1. The normalized spacial score (nSPS) is 10.2. The summed E-state index contributed by atoms with van der Waals surface area (Å²) in [6, 6.07) is 8.58. The maximum absolute atomic E-state index is 11.8. The predicted molar refractivity (Wildman–Crippen MR) is 73.5 cm³/mol. The third-order valence-electron chi connectivity index (χ3n) is 2.40. The van der Waals surface area contributed by atoms with Crippen LogP contribution in [-0.4, -0.2) is 10.9 Å². The molecule has 0 fully saturated rings. The second-order valence-electron chi connectivity index (χ2n) is 3.66. The Morgan fingerprint density at radius 2 is 1.72 bits per heavy atom. The van der Waals surface area contributed by atoms with Gasteiger partial charge < -0.3 is 0 Å². The van der Waals surface area contributed by atoms with Crippen LogP contribution in [0.4, 0.5) is 11.4 Å².